The van der Waals surface area contributed by atoms with E-state index in [9.17, 15) is 0 Å². The van der Waals surface area contributed by atoms with Crippen LogP contribution in [-0.2, 0) is 0 Å². The summed E-state index contributed by atoms with van der Waals surface area (Å²) in [7, 11) is 0. The van der Waals surface area contributed by atoms with Gasteiger partial charge in [0.05, 0.1) is 6.04 Å². The van der Waals surface area contributed by atoms with Gasteiger partial charge in [0.15, 0.2) is 0 Å². The monoisotopic (exact) mass is 260 g/mol. The van der Waals surface area contributed by atoms with Gasteiger partial charge in [0.1, 0.15) is 5.01 Å². The van der Waals surface area contributed by atoms with Crippen LogP contribution in [0.5, 0.6) is 0 Å². The summed E-state index contributed by atoms with van der Waals surface area (Å²) in [6, 6.07) is 4.72. The SMILES string of the molecule is CCNC(c1nccs1)c1c(C)cc(C)cc1C. The minimum atomic E-state index is 0.218. The molecule has 2 rings (SSSR count). The van der Waals surface area contributed by atoms with Crippen molar-refractivity contribution in [2.24, 2.45) is 0 Å². The molecule has 18 heavy (non-hydrogen) atoms. The molecule has 1 atom stereocenters. The maximum absolute atomic E-state index is 4.47. The topological polar surface area (TPSA) is 24.9 Å². The normalized spacial score (nSPS) is 12.7. The van der Waals surface area contributed by atoms with E-state index >= 15 is 0 Å². The maximum atomic E-state index is 4.47. The highest BCUT2D eigenvalue weighted by atomic mass is 32.1. The molecule has 2 aromatic rings. The van der Waals surface area contributed by atoms with Crippen molar-refractivity contribution in [2.75, 3.05) is 6.54 Å². The summed E-state index contributed by atoms with van der Waals surface area (Å²) in [5.41, 5.74) is 5.38. The average molecular weight is 260 g/mol. The Bertz CT molecular complexity index is 494. The molecule has 1 N–H and O–H groups in total. The van der Waals surface area contributed by atoms with Gasteiger partial charge in [-0.05, 0) is 44.0 Å². The van der Waals surface area contributed by atoms with Crippen LogP contribution < -0.4 is 5.32 Å². The minimum Gasteiger partial charge on any atom is -0.305 e. The lowest BCUT2D eigenvalue weighted by Crippen LogP contribution is -2.23. The molecular formula is C15H20N2S. The predicted molar refractivity (Wildman–Crippen MR) is 78.3 cm³/mol. The average Bonchev–Trinajstić information content (AvgIpc) is 2.79. The van der Waals surface area contributed by atoms with Crippen molar-refractivity contribution in [3.8, 4) is 0 Å². The zero-order chi connectivity index (χ0) is 13.1. The first kappa shape index (κ1) is 13.2. The smallest absolute Gasteiger partial charge is 0.114 e. The Balaban J connectivity index is 2.49. The summed E-state index contributed by atoms with van der Waals surface area (Å²) in [6.07, 6.45) is 1.88. The van der Waals surface area contributed by atoms with Crippen LogP contribution in [0.15, 0.2) is 23.7 Å². The Hall–Kier alpha value is -1.19. The van der Waals surface area contributed by atoms with E-state index in [-0.39, 0.29) is 6.04 Å². The summed E-state index contributed by atoms with van der Waals surface area (Å²) in [4.78, 5) is 4.47. The van der Waals surface area contributed by atoms with Gasteiger partial charge in [-0.15, -0.1) is 11.3 Å². The Labute approximate surface area is 113 Å². The number of benzene rings is 1. The van der Waals surface area contributed by atoms with E-state index < -0.39 is 0 Å². The van der Waals surface area contributed by atoms with Gasteiger partial charge in [-0.3, -0.25) is 0 Å². The standard InChI is InChI=1S/C15H20N2S/c1-5-16-14(15-17-6-7-18-15)13-11(3)8-10(2)9-12(13)4/h6-9,14,16H,5H2,1-4H3. The van der Waals surface area contributed by atoms with Gasteiger partial charge in [-0.2, -0.15) is 0 Å². The molecule has 2 nitrogen and oxygen atoms in total. The molecule has 96 valence electrons. The molecule has 0 aliphatic carbocycles. The van der Waals surface area contributed by atoms with Crippen molar-refractivity contribution in [1.29, 1.82) is 0 Å². The van der Waals surface area contributed by atoms with E-state index in [1.807, 2.05) is 11.6 Å². The third-order valence-electron chi connectivity index (χ3n) is 3.13. The Morgan fingerprint density at radius 2 is 1.89 bits per heavy atom. The number of thiazole rings is 1. The molecule has 0 aliphatic rings. The third-order valence-corrected chi connectivity index (χ3v) is 3.97. The minimum absolute atomic E-state index is 0.218. The number of hydrogen-bond acceptors (Lipinski definition) is 3. The van der Waals surface area contributed by atoms with E-state index in [0.717, 1.165) is 11.6 Å². The van der Waals surface area contributed by atoms with Crippen molar-refractivity contribution in [1.82, 2.24) is 10.3 Å². The summed E-state index contributed by atoms with van der Waals surface area (Å²) in [5.74, 6) is 0. The predicted octanol–water partition coefficient (Wildman–Crippen LogP) is 3.77. The van der Waals surface area contributed by atoms with Crippen molar-refractivity contribution in [3.05, 3.63) is 51.0 Å². The summed E-state index contributed by atoms with van der Waals surface area (Å²) < 4.78 is 0. The fraction of sp³-hybridized carbons (Fsp3) is 0.400. The Morgan fingerprint density at radius 3 is 2.39 bits per heavy atom. The second-order valence-corrected chi connectivity index (χ2v) is 5.60. The molecule has 3 heteroatoms. The van der Waals surface area contributed by atoms with Crippen molar-refractivity contribution in [3.63, 3.8) is 0 Å². The van der Waals surface area contributed by atoms with E-state index in [4.69, 9.17) is 0 Å². The molecule has 1 heterocycles. The lowest BCUT2D eigenvalue weighted by Gasteiger charge is -2.21. The lowest BCUT2D eigenvalue weighted by atomic mass is 9.94. The fourth-order valence-electron chi connectivity index (χ4n) is 2.54. The lowest BCUT2D eigenvalue weighted by molar-refractivity contribution is 0.621. The van der Waals surface area contributed by atoms with Gasteiger partial charge in [0.25, 0.3) is 0 Å². The van der Waals surface area contributed by atoms with Gasteiger partial charge in [0, 0.05) is 11.6 Å². The number of hydrogen-bond donors (Lipinski definition) is 1. The third kappa shape index (κ3) is 2.62. The van der Waals surface area contributed by atoms with Crippen molar-refractivity contribution < 1.29 is 0 Å². The second kappa shape index (κ2) is 5.63. The van der Waals surface area contributed by atoms with E-state index in [2.05, 4.69) is 50.1 Å². The summed E-state index contributed by atoms with van der Waals surface area (Å²) in [5, 5.41) is 6.74. The first-order chi connectivity index (χ1) is 8.63. The molecule has 1 aromatic carbocycles. The molecule has 0 fully saturated rings. The molecule has 0 saturated carbocycles. The van der Waals surface area contributed by atoms with Crippen LogP contribution in [0, 0.1) is 20.8 Å². The first-order valence-corrected chi connectivity index (χ1v) is 7.22. The van der Waals surface area contributed by atoms with Crippen LogP contribution in [0.1, 0.15) is 40.2 Å². The van der Waals surface area contributed by atoms with Crippen LogP contribution in [-0.4, -0.2) is 11.5 Å². The second-order valence-electron chi connectivity index (χ2n) is 4.67. The fourth-order valence-corrected chi connectivity index (χ4v) is 3.26. The number of aryl methyl sites for hydroxylation is 3. The first-order valence-electron chi connectivity index (χ1n) is 6.34. The molecule has 1 aromatic heterocycles. The maximum Gasteiger partial charge on any atom is 0.114 e. The largest absolute Gasteiger partial charge is 0.305 e. The van der Waals surface area contributed by atoms with Gasteiger partial charge < -0.3 is 5.32 Å². The van der Waals surface area contributed by atoms with Crippen LogP contribution in [0.4, 0.5) is 0 Å². The van der Waals surface area contributed by atoms with Gasteiger partial charge in [0.2, 0.25) is 0 Å². The van der Waals surface area contributed by atoms with Gasteiger partial charge >= 0.3 is 0 Å². The van der Waals surface area contributed by atoms with Crippen molar-refractivity contribution >= 4 is 11.3 Å². The molecule has 0 bridgehead atoms. The van der Waals surface area contributed by atoms with E-state index in [0.29, 0.717) is 0 Å². The molecule has 0 amide bonds. The highest BCUT2D eigenvalue weighted by Gasteiger charge is 2.19. The molecule has 0 spiro atoms. The molecular weight excluding hydrogens is 240 g/mol. The zero-order valence-corrected chi connectivity index (χ0v) is 12.3. The van der Waals surface area contributed by atoms with Crippen molar-refractivity contribution in [2.45, 2.75) is 33.7 Å². The van der Waals surface area contributed by atoms with Crippen LogP contribution in [0.25, 0.3) is 0 Å². The van der Waals surface area contributed by atoms with E-state index in [1.165, 1.54) is 22.3 Å². The van der Waals surface area contributed by atoms with Gasteiger partial charge in [-0.25, -0.2) is 4.98 Å². The Kier molecular flexibility index (Phi) is 4.15. The van der Waals surface area contributed by atoms with Gasteiger partial charge in [-0.1, -0.05) is 24.6 Å². The highest BCUT2D eigenvalue weighted by molar-refractivity contribution is 7.09. The molecule has 0 radical (unpaired) electrons. The van der Waals surface area contributed by atoms with E-state index in [1.54, 1.807) is 11.3 Å². The highest BCUT2D eigenvalue weighted by Crippen LogP contribution is 2.29. The number of nitrogens with zero attached hydrogens (tertiary/aromatic N) is 1. The van der Waals surface area contributed by atoms with Crippen LogP contribution in [0.2, 0.25) is 0 Å². The number of aromatic nitrogens is 1. The summed E-state index contributed by atoms with van der Waals surface area (Å²) >= 11 is 1.71. The number of nitrogens with one attached hydrogen (secondary N) is 1. The molecule has 0 aliphatic heterocycles. The Morgan fingerprint density at radius 1 is 1.22 bits per heavy atom. The summed E-state index contributed by atoms with van der Waals surface area (Å²) in [6.45, 7) is 9.60. The quantitative estimate of drug-likeness (QED) is 0.905. The molecule has 0 saturated heterocycles. The zero-order valence-electron chi connectivity index (χ0n) is 11.4. The number of rotatable bonds is 4. The molecule has 1 unspecified atom stereocenters. The van der Waals surface area contributed by atoms with Crippen LogP contribution >= 0.6 is 11.3 Å². The van der Waals surface area contributed by atoms with Crippen LogP contribution in [0.3, 0.4) is 0 Å².